The zero-order chi connectivity index (χ0) is 23.1. The molecule has 2 N–H and O–H groups in total. The van der Waals surface area contributed by atoms with E-state index in [-0.39, 0.29) is 33.7 Å². The summed E-state index contributed by atoms with van der Waals surface area (Å²) in [4.78, 5) is 33.4. The molecule has 33 heavy (non-hydrogen) atoms. The molecule has 5 rings (SSSR count). The molecular weight excluding hydrogens is 446 g/mol. The van der Waals surface area contributed by atoms with Crippen molar-refractivity contribution in [2.24, 2.45) is 0 Å². The predicted octanol–water partition coefficient (Wildman–Crippen LogP) is 5.21. The number of nitro groups is 1. The third-order valence-electron chi connectivity index (χ3n) is 5.91. The number of hydrogen-bond acceptors (Lipinski definition) is 7. The van der Waals surface area contributed by atoms with Crippen LogP contribution in [-0.2, 0) is 4.74 Å². The Bertz CT molecular complexity index is 1410. The molecular formula is C23H20ClN5O4. The number of ether oxygens (including phenoxy) is 1. The molecule has 1 aliphatic carbocycles. The second kappa shape index (κ2) is 8.32. The van der Waals surface area contributed by atoms with Crippen LogP contribution in [0.15, 0.2) is 42.5 Å². The maximum absolute atomic E-state index is 13.2. The van der Waals surface area contributed by atoms with Crippen molar-refractivity contribution in [3.05, 3.63) is 63.2 Å². The zero-order valence-electron chi connectivity index (χ0n) is 17.5. The Labute approximate surface area is 193 Å². The largest absolute Gasteiger partial charge is 0.459 e. The maximum atomic E-state index is 13.2. The molecule has 0 atom stereocenters. The van der Waals surface area contributed by atoms with Crippen LogP contribution in [0.1, 0.15) is 42.5 Å². The lowest BCUT2D eigenvalue weighted by molar-refractivity contribution is -0.384. The monoisotopic (exact) mass is 465 g/mol. The summed E-state index contributed by atoms with van der Waals surface area (Å²) in [6.45, 7) is 0. The molecule has 168 valence electrons. The number of nitro benzene ring substituents is 1. The second-order valence-corrected chi connectivity index (χ2v) is 8.45. The minimum Gasteiger partial charge on any atom is -0.459 e. The maximum Gasteiger partial charge on any atom is 0.344 e. The van der Waals surface area contributed by atoms with Gasteiger partial charge in [0.2, 0.25) is 0 Å². The molecule has 2 heterocycles. The fourth-order valence-electron chi connectivity index (χ4n) is 4.30. The SMILES string of the molecule is Nc1c(C(=O)OC2CCCCC2)c2nc3ccccc3nc2n1-c1ccc(Cl)c([N+](=O)[O-])c1. The highest BCUT2D eigenvalue weighted by molar-refractivity contribution is 6.32. The summed E-state index contributed by atoms with van der Waals surface area (Å²) >= 11 is 5.99. The van der Waals surface area contributed by atoms with Crippen LogP contribution in [0.2, 0.25) is 5.02 Å². The second-order valence-electron chi connectivity index (χ2n) is 8.04. The minimum absolute atomic E-state index is 0.00718. The highest BCUT2D eigenvalue weighted by Gasteiger charge is 2.29. The Morgan fingerprint density at radius 1 is 1.12 bits per heavy atom. The number of nitrogen functional groups attached to an aromatic ring is 1. The first kappa shape index (κ1) is 21.1. The molecule has 10 heteroatoms. The van der Waals surface area contributed by atoms with Gasteiger partial charge in [0.05, 0.1) is 21.6 Å². The Kier molecular flexibility index (Phi) is 5.33. The number of rotatable bonds is 4. The summed E-state index contributed by atoms with van der Waals surface area (Å²) in [5.74, 6) is -0.520. The van der Waals surface area contributed by atoms with Crippen molar-refractivity contribution < 1.29 is 14.5 Å². The lowest BCUT2D eigenvalue weighted by atomic mass is 9.98. The van der Waals surface area contributed by atoms with E-state index in [1.54, 1.807) is 18.2 Å². The summed E-state index contributed by atoms with van der Waals surface area (Å²) in [5.41, 5.74) is 8.40. The number of esters is 1. The van der Waals surface area contributed by atoms with E-state index in [2.05, 4.69) is 9.97 Å². The van der Waals surface area contributed by atoms with Gasteiger partial charge in [-0.15, -0.1) is 0 Å². The molecule has 9 nitrogen and oxygen atoms in total. The number of carbonyl (C=O) groups excluding carboxylic acids is 1. The van der Waals surface area contributed by atoms with Crippen LogP contribution in [0, 0.1) is 10.1 Å². The van der Waals surface area contributed by atoms with Gasteiger partial charge in [-0.2, -0.15) is 0 Å². The van der Waals surface area contributed by atoms with Gasteiger partial charge in [-0.3, -0.25) is 14.7 Å². The molecule has 2 aromatic carbocycles. The third-order valence-corrected chi connectivity index (χ3v) is 6.23. The van der Waals surface area contributed by atoms with Crippen LogP contribution in [0.4, 0.5) is 11.5 Å². The van der Waals surface area contributed by atoms with Crippen LogP contribution in [-0.4, -0.2) is 31.5 Å². The zero-order valence-corrected chi connectivity index (χ0v) is 18.3. The number of para-hydroxylation sites is 2. The first-order chi connectivity index (χ1) is 15.9. The van der Waals surface area contributed by atoms with Crippen molar-refractivity contribution in [3.63, 3.8) is 0 Å². The third kappa shape index (κ3) is 3.74. The number of hydrogen-bond donors (Lipinski definition) is 1. The van der Waals surface area contributed by atoms with Gasteiger partial charge in [0.25, 0.3) is 5.69 Å². The number of aromatic nitrogens is 3. The van der Waals surface area contributed by atoms with Gasteiger partial charge < -0.3 is 10.5 Å². The average molecular weight is 466 g/mol. The standard InChI is InChI=1S/C23H20ClN5O4/c24-15-11-10-13(12-18(15)29(31)32)28-21(25)19(23(30)33-14-6-2-1-3-7-14)20-22(28)27-17-9-5-4-8-16(17)26-20/h4-5,8-12,14H,1-3,6-7,25H2. The smallest absolute Gasteiger partial charge is 0.344 e. The predicted molar refractivity (Wildman–Crippen MR) is 125 cm³/mol. The van der Waals surface area contributed by atoms with Gasteiger partial charge in [0.15, 0.2) is 5.65 Å². The van der Waals surface area contributed by atoms with Gasteiger partial charge >= 0.3 is 5.97 Å². The summed E-state index contributed by atoms with van der Waals surface area (Å²) in [7, 11) is 0. The van der Waals surface area contributed by atoms with Gasteiger partial charge in [0.1, 0.15) is 28.0 Å². The van der Waals surface area contributed by atoms with E-state index >= 15 is 0 Å². The first-order valence-electron chi connectivity index (χ1n) is 10.7. The number of carbonyl (C=O) groups is 1. The molecule has 1 saturated carbocycles. The van der Waals surface area contributed by atoms with E-state index in [4.69, 9.17) is 22.1 Å². The number of nitrogens with two attached hydrogens (primary N) is 1. The van der Waals surface area contributed by atoms with Crippen LogP contribution >= 0.6 is 11.6 Å². The van der Waals surface area contributed by atoms with E-state index in [9.17, 15) is 14.9 Å². The van der Waals surface area contributed by atoms with Crippen LogP contribution in [0.5, 0.6) is 0 Å². The molecule has 0 unspecified atom stereocenters. The van der Waals surface area contributed by atoms with Crippen LogP contribution in [0.25, 0.3) is 27.9 Å². The Balaban J connectivity index is 1.73. The quantitative estimate of drug-likeness (QED) is 0.249. The molecule has 4 aromatic rings. The lowest BCUT2D eigenvalue weighted by Crippen LogP contribution is -2.21. The van der Waals surface area contributed by atoms with Crippen molar-refractivity contribution in [2.75, 3.05) is 5.73 Å². The van der Waals surface area contributed by atoms with Crippen molar-refractivity contribution in [1.29, 1.82) is 0 Å². The molecule has 0 spiro atoms. The Hall–Kier alpha value is -3.72. The molecule has 1 fully saturated rings. The Morgan fingerprint density at radius 3 is 2.52 bits per heavy atom. The fraction of sp³-hybridized carbons (Fsp3) is 0.261. The molecule has 0 saturated heterocycles. The summed E-state index contributed by atoms with van der Waals surface area (Å²) in [6.07, 6.45) is 4.59. The number of nitrogens with zero attached hydrogens (tertiary/aromatic N) is 4. The molecule has 1 aliphatic rings. The van der Waals surface area contributed by atoms with Gasteiger partial charge in [-0.25, -0.2) is 14.8 Å². The summed E-state index contributed by atoms with van der Waals surface area (Å²) in [5, 5.41) is 11.4. The number of fused-ring (bicyclic) bond motifs is 2. The minimum atomic E-state index is -0.576. The van der Waals surface area contributed by atoms with E-state index in [0.717, 1.165) is 32.1 Å². The van der Waals surface area contributed by atoms with Crippen LogP contribution in [0.3, 0.4) is 0 Å². The highest BCUT2D eigenvalue weighted by atomic mass is 35.5. The number of halogens is 1. The molecule has 0 aliphatic heterocycles. The lowest BCUT2D eigenvalue weighted by Gasteiger charge is -2.21. The number of anilines is 1. The van der Waals surface area contributed by atoms with Gasteiger partial charge in [0, 0.05) is 6.07 Å². The molecule has 2 aromatic heterocycles. The molecule has 0 amide bonds. The summed E-state index contributed by atoms with van der Waals surface area (Å²) < 4.78 is 7.26. The van der Waals surface area contributed by atoms with E-state index in [0.29, 0.717) is 22.4 Å². The fourth-order valence-corrected chi connectivity index (χ4v) is 4.48. The van der Waals surface area contributed by atoms with E-state index in [1.807, 2.05) is 12.1 Å². The van der Waals surface area contributed by atoms with E-state index < -0.39 is 10.9 Å². The van der Waals surface area contributed by atoms with Crippen molar-refractivity contribution >= 4 is 51.3 Å². The highest BCUT2D eigenvalue weighted by Crippen LogP contribution is 2.35. The molecule has 0 bridgehead atoms. The van der Waals surface area contributed by atoms with Gasteiger partial charge in [-0.05, 0) is 49.9 Å². The topological polar surface area (TPSA) is 126 Å². The van der Waals surface area contributed by atoms with Crippen LogP contribution < -0.4 is 5.73 Å². The average Bonchev–Trinajstić information content (AvgIpc) is 3.09. The van der Waals surface area contributed by atoms with Gasteiger partial charge in [-0.1, -0.05) is 30.2 Å². The Morgan fingerprint density at radius 2 is 1.82 bits per heavy atom. The van der Waals surface area contributed by atoms with Crippen molar-refractivity contribution in [1.82, 2.24) is 14.5 Å². The number of benzene rings is 2. The normalized spacial score (nSPS) is 14.6. The van der Waals surface area contributed by atoms with Crippen molar-refractivity contribution in [2.45, 2.75) is 38.2 Å². The summed E-state index contributed by atoms with van der Waals surface area (Å²) in [6, 6.07) is 11.5. The van der Waals surface area contributed by atoms with E-state index in [1.165, 1.54) is 16.7 Å². The van der Waals surface area contributed by atoms with Crippen molar-refractivity contribution in [3.8, 4) is 5.69 Å². The first-order valence-corrected chi connectivity index (χ1v) is 11.0. The molecule has 0 radical (unpaired) electrons.